The number of likely N-dealkylation sites (N-methyl/N-ethyl adjacent to an activating group) is 1. The monoisotopic (exact) mass is 170 g/mol. The number of likely N-dealkylation sites (tertiary alicyclic amines) is 1. The van der Waals surface area contributed by atoms with E-state index >= 15 is 0 Å². The molecule has 1 N–H and O–H groups in total. The van der Waals surface area contributed by atoms with Gasteiger partial charge in [-0.15, -0.1) is 0 Å². The second kappa shape index (κ2) is 5.14. The lowest BCUT2D eigenvalue weighted by Gasteiger charge is -2.17. The Labute approximate surface area is 74.1 Å². The Kier molecular flexibility index (Phi) is 4.08. The first-order valence-corrected chi connectivity index (χ1v) is 4.76. The molecule has 1 aliphatic heterocycles. The molecule has 1 fully saturated rings. The van der Waals surface area contributed by atoms with Crippen LogP contribution in [0.3, 0.4) is 0 Å². The van der Waals surface area contributed by atoms with Crippen molar-refractivity contribution in [3.8, 4) is 0 Å². The summed E-state index contributed by atoms with van der Waals surface area (Å²) in [4.78, 5) is 13.3. The van der Waals surface area contributed by atoms with E-state index in [9.17, 15) is 4.79 Å². The predicted molar refractivity (Wildman–Crippen MR) is 49.0 cm³/mol. The number of hydrogen-bond acceptors (Lipinski definition) is 2. The highest BCUT2D eigenvalue weighted by atomic mass is 16.1. The maximum absolute atomic E-state index is 11.0. The van der Waals surface area contributed by atoms with Crippen molar-refractivity contribution in [2.75, 3.05) is 26.7 Å². The van der Waals surface area contributed by atoms with Gasteiger partial charge in [-0.3, -0.25) is 9.69 Å². The molecule has 0 aromatic carbocycles. The van der Waals surface area contributed by atoms with Crippen molar-refractivity contribution in [2.45, 2.75) is 25.7 Å². The minimum atomic E-state index is 0.136. The molecule has 0 bridgehead atoms. The quantitative estimate of drug-likeness (QED) is 0.658. The van der Waals surface area contributed by atoms with Crippen molar-refractivity contribution in [1.82, 2.24) is 10.2 Å². The SMILES string of the molecule is CNC(=O)CN1CCCCCC1. The largest absolute Gasteiger partial charge is 0.358 e. The first kappa shape index (κ1) is 9.52. The summed E-state index contributed by atoms with van der Waals surface area (Å²) in [6.07, 6.45) is 5.14. The maximum Gasteiger partial charge on any atom is 0.233 e. The van der Waals surface area contributed by atoms with E-state index in [0.717, 1.165) is 13.1 Å². The number of nitrogens with zero attached hydrogens (tertiary/aromatic N) is 1. The number of nitrogens with one attached hydrogen (secondary N) is 1. The molecule has 1 amide bonds. The molecule has 0 unspecified atom stereocenters. The highest BCUT2D eigenvalue weighted by Gasteiger charge is 2.11. The Balaban J connectivity index is 2.24. The van der Waals surface area contributed by atoms with E-state index in [2.05, 4.69) is 10.2 Å². The first-order chi connectivity index (χ1) is 5.83. The highest BCUT2D eigenvalue weighted by Crippen LogP contribution is 2.08. The van der Waals surface area contributed by atoms with E-state index in [4.69, 9.17) is 0 Å². The fourth-order valence-electron chi connectivity index (χ4n) is 1.58. The third kappa shape index (κ3) is 3.22. The molecule has 0 aromatic rings. The highest BCUT2D eigenvalue weighted by molar-refractivity contribution is 5.77. The van der Waals surface area contributed by atoms with E-state index in [1.807, 2.05) is 0 Å². The Hall–Kier alpha value is -0.570. The van der Waals surface area contributed by atoms with Crippen LogP contribution in [0.1, 0.15) is 25.7 Å². The standard InChI is InChI=1S/C9H18N2O/c1-10-9(12)8-11-6-4-2-3-5-7-11/h2-8H2,1H3,(H,10,12). The third-order valence-electron chi connectivity index (χ3n) is 2.34. The average molecular weight is 170 g/mol. The number of amides is 1. The van der Waals surface area contributed by atoms with Gasteiger partial charge in [-0.05, 0) is 25.9 Å². The molecule has 1 aliphatic rings. The number of rotatable bonds is 2. The topological polar surface area (TPSA) is 32.3 Å². The van der Waals surface area contributed by atoms with Gasteiger partial charge < -0.3 is 5.32 Å². The molecule has 0 saturated carbocycles. The van der Waals surface area contributed by atoms with Crippen LogP contribution in [-0.2, 0) is 4.79 Å². The lowest BCUT2D eigenvalue weighted by atomic mass is 10.2. The van der Waals surface area contributed by atoms with Crippen LogP contribution in [0.25, 0.3) is 0 Å². The van der Waals surface area contributed by atoms with Gasteiger partial charge in [0, 0.05) is 7.05 Å². The van der Waals surface area contributed by atoms with Crippen molar-refractivity contribution in [1.29, 1.82) is 0 Å². The summed E-state index contributed by atoms with van der Waals surface area (Å²) in [5.41, 5.74) is 0. The minimum Gasteiger partial charge on any atom is -0.358 e. The average Bonchev–Trinajstić information content (AvgIpc) is 2.33. The molecule has 0 radical (unpaired) electrons. The molecule has 70 valence electrons. The van der Waals surface area contributed by atoms with Gasteiger partial charge in [0.15, 0.2) is 0 Å². The van der Waals surface area contributed by atoms with Crippen molar-refractivity contribution >= 4 is 5.91 Å². The molecule has 1 heterocycles. The van der Waals surface area contributed by atoms with Crippen LogP contribution in [0.2, 0.25) is 0 Å². The number of carbonyl (C=O) groups is 1. The van der Waals surface area contributed by atoms with Crippen LogP contribution in [-0.4, -0.2) is 37.5 Å². The van der Waals surface area contributed by atoms with Gasteiger partial charge >= 0.3 is 0 Å². The van der Waals surface area contributed by atoms with E-state index in [1.54, 1.807) is 7.05 Å². The molecule has 3 heteroatoms. The minimum absolute atomic E-state index is 0.136. The van der Waals surface area contributed by atoms with Crippen LogP contribution in [0.5, 0.6) is 0 Å². The summed E-state index contributed by atoms with van der Waals surface area (Å²) < 4.78 is 0. The van der Waals surface area contributed by atoms with Gasteiger partial charge in [0.25, 0.3) is 0 Å². The third-order valence-corrected chi connectivity index (χ3v) is 2.34. The Morgan fingerprint density at radius 2 is 1.83 bits per heavy atom. The predicted octanol–water partition coefficient (Wildman–Crippen LogP) is 0.608. The fraction of sp³-hybridized carbons (Fsp3) is 0.889. The molecule has 3 nitrogen and oxygen atoms in total. The lowest BCUT2D eigenvalue weighted by molar-refractivity contribution is -0.121. The molecule has 12 heavy (non-hydrogen) atoms. The van der Waals surface area contributed by atoms with Crippen molar-refractivity contribution < 1.29 is 4.79 Å². The lowest BCUT2D eigenvalue weighted by Crippen LogP contribution is -2.36. The zero-order valence-corrected chi connectivity index (χ0v) is 7.81. The van der Waals surface area contributed by atoms with Crippen LogP contribution >= 0.6 is 0 Å². The van der Waals surface area contributed by atoms with E-state index < -0.39 is 0 Å². The second-order valence-corrected chi connectivity index (χ2v) is 3.36. The van der Waals surface area contributed by atoms with Gasteiger partial charge in [-0.1, -0.05) is 12.8 Å². The Morgan fingerprint density at radius 3 is 2.33 bits per heavy atom. The fourth-order valence-corrected chi connectivity index (χ4v) is 1.58. The van der Waals surface area contributed by atoms with Crippen LogP contribution < -0.4 is 5.32 Å². The summed E-state index contributed by atoms with van der Waals surface area (Å²) in [7, 11) is 1.69. The smallest absolute Gasteiger partial charge is 0.233 e. The van der Waals surface area contributed by atoms with Gasteiger partial charge in [0.1, 0.15) is 0 Å². The molecule has 0 aliphatic carbocycles. The van der Waals surface area contributed by atoms with Crippen molar-refractivity contribution in [2.24, 2.45) is 0 Å². The molecule has 0 aromatic heterocycles. The summed E-state index contributed by atoms with van der Waals surface area (Å²) in [6, 6.07) is 0. The number of carbonyl (C=O) groups excluding carboxylic acids is 1. The summed E-state index contributed by atoms with van der Waals surface area (Å²) in [6.45, 7) is 2.76. The van der Waals surface area contributed by atoms with Gasteiger partial charge in [0.2, 0.25) is 5.91 Å². The maximum atomic E-state index is 11.0. The summed E-state index contributed by atoms with van der Waals surface area (Å²) >= 11 is 0. The molecule has 0 atom stereocenters. The normalized spacial score (nSPS) is 20.1. The first-order valence-electron chi connectivity index (χ1n) is 4.76. The summed E-state index contributed by atoms with van der Waals surface area (Å²) in [5, 5.41) is 2.65. The molecule has 0 spiro atoms. The Bertz CT molecular complexity index is 139. The van der Waals surface area contributed by atoms with E-state index in [1.165, 1.54) is 25.7 Å². The molecule has 1 saturated heterocycles. The van der Waals surface area contributed by atoms with Gasteiger partial charge in [-0.25, -0.2) is 0 Å². The zero-order chi connectivity index (χ0) is 8.81. The molecule has 1 rings (SSSR count). The van der Waals surface area contributed by atoms with Gasteiger partial charge in [-0.2, -0.15) is 0 Å². The number of hydrogen-bond donors (Lipinski definition) is 1. The van der Waals surface area contributed by atoms with Crippen LogP contribution in [0.4, 0.5) is 0 Å². The summed E-state index contributed by atoms with van der Waals surface area (Å²) in [5.74, 6) is 0.136. The van der Waals surface area contributed by atoms with Crippen molar-refractivity contribution in [3.63, 3.8) is 0 Å². The van der Waals surface area contributed by atoms with Gasteiger partial charge in [0.05, 0.1) is 6.54 Å². The van der Waals surface area contributed by atoms with E-state index in [0.29, 0.717) is 6.54 Å². The Morgan fingerprint density at radius 1 is 1.25 bits per heavy atom. The van der Waals surface area contributed by atoms with Crippen LogP contribution in [0, 0.1) is 0 Å². The van der Waals surface area contributed by atoms with E-state index in [-0.39, 0.29) is 5.91 Å². The van der Waals surface area contributed by atoms with Crippen molar-refractivity contribution in [3.05, 3.63) is 0 Å². The molecular weight excluding hydrogens is 152 g/mol. The van der Waals surface area contributed by atoms with Crippen LogP contribution in [0.15, 0.2) is 0 Å². The zero-order valence-electron chi connectivity index (χ0n) is 7.81. The molecular formula is C9H18N2O. The second-order valence-electron chi connectivity index (χ2n) is 3.36.